The summed E-state index contributed by atoms with van der Waals surface area (Å²) in [6, 6.07) is 1.93. The topological polar surface area (TPSA) is 136 Å². The molecule has 1 amide bonds. The van der Waals surface area contributed by atoms with Gasteiger partial charge in [0.25, 0.3) is 5.69 Å². The van der Waals surface area contributed by atoms with E-state index in [2.05, 4.69) is 5.32 Å². The number of aromatic carboxylic acids is 1. The van der Waals surface area contributed by atoms with Crippen LogP contribution in [0.2, 0.25) is 5.02 Å². The lowest BCUT2D eigenvalue weighted by Crippen LogP contribution is -2.37. The molecule has 0 unspecified atom stereocenters. The highest BCUT2D eigenvalue weighted by Crippen LogP contribution is 2.32. The lowest BCUT2D eigenvalue weighted by atomic mass is 9.92. The monoisotopic (exact) mass is 315 g/mol. The van der Waals surface area contributed by atoms with Crippen molar-refractivity contribution in [1.29, 1.82) is 0 Å². The SMILES string of the molecule is CC(C)(CNc1c(Cl)cc([N+](=O)[O-])cc1C(=O)O)C(N)=O. The predicted octanol–water partition coefficient (Wildman–Crippen LogP) is 1.87. The zero-order chi connectivity index (χ0) is 16.4. The Morgan fingerprint density at radius 1 is 1.48 bits per heavy atom. The van der Waals surface area contributed by atoms with Crippen molar-refractivity contribution in [3.63, 3.8) is 0 Å². The molecule has 0 aliphatic carbocycles. The highest BCUT2D eigenvalue weighted by molar-refractivity contribution is 6.34. The highest BCUT2D eigenvalue weighted by Gasteiger charge is 2.27. The van der Waals surface area contributed by atoms with E-state index in [-0.39, 0.29) is 22.8 Å². The van der Waals surface area contributed by atoms with Gasteiger partial charge in [0, 0.05) is 18.7 Å². The van der Waals surface area contributed by atoms with Gasteiger partial charge in [-0.25, -0.2) is 4.79 Å². The molecule has 8 nitrogen and oxygen atoms in total. The quantitative estimate of drug-likeness (QED) is 0.541. The van der Waals surface area contributed by atoms with Crippen LogP contribution in [-0.2, 0) is 4.79 Å². The van der Waals surface area contributed by atoms with Crippen LogP contribution in [-0.4, -0.2) is 28.5 Å². The van der Waals surface area contributed by atoms with Crippen LogP contribution in [0, 0.1) is 15.5 Å². The van der Waals surface area contributed by atoms with Gasteiger partial charge in [-0.2, -0.15) is 0 Å². The number of hydrogen-bond donors (Lipinski definition) is 3. The molecule has 0 saturated carbocycles. The van der Waals surface area contributed by atoms with Gasteiger partial charge < -0.3 is 16.2 Å². The summed E-state index contributed by atoms with van der Waals surface area (Å²) in [5.74, 6) is -1.95. The number of nitro groups is 1. The van der Waals surface area contributed by atoms with Gasteiger partial charge in [0.2, 0.25) is 5.91 Å². The van der Waals surface area contributed by atoms with Crippen LogP contribution in [0.5, 0.6) is 0 Å². The normalized spacial score (nSPS) is 11.0. The van der Waals surface area contributed by atoms with Gasteiger partial charge in [0.15, 0.2) is 0 Å². The van der Waals surface area contributed by atoms with Crippen LogP contribution in [0.1, 0.15) is 24.2 Å². The molecule has 9 heteroatoms. The van der Waals surface area contributed by atoms with Gasteiger partial charge in [-0.15, -0.1) is 0 Å². The third kappa shape index (κ3) is 3.82. The summed E-state index contributed by atoms with van der Waals surface area (Å²) in [6.45, 7) is 3.17. The van der Waals surface area contributed by atoms with Crippen molar-refractivity contribution in [3.8, 4) is 0 Å². The number of nitrogens with one attached hydrogen (secondary N) is 1. The molecule has 0 saturated heterocycles. The number of nitro benzene ring substituents is 1. The average molecular weight is 316 g/mol. The number of hydrogen-bond acceptors (Lipinski definition) is 5. The number of nitrogens with zero attached hydrogens (tertiary/aromatic N) is 1. The largest absolute Gasteiger partial charge is 0.478 e. The van der Waals surface area contributed by atoms with Crippen molar-refractivity contribution in [2.24, 2.45) is 11.1 Å². The molecule has 0 heterocycles. The number of primary amides is 1. The summed E-state index contributed by atoms with van der Waals surface area (Å²) >= 11 is 5.88. The van der Waals surface area contributed by atoms with Gasteiger partial charge in [0.05, 0.1) is 26.6 Å². The Morgan fingerprint density at radius 3 is 2.48 bits per heavy atom. The van der Waals surface area contributed by atoms with Gasteiger partial charge in [-0.3, -0.25) is 14.9 Å². The molecule has 0 bridgehead atoms. The molecule has 0 aliphatic heterocycles. The van der Waals surface area contributed by atoms with E-state index in [1.165, 1.54) is 0 Å². The molecule has 1 aromatic rings. The number of anilines is 1. The van der Waals surface area contributed by atoms with E-state index in [0.717, 1.165) is 12.1 Å². The maximum Gasteiger partial charge on any atom is 0.338 e. The van der Waals surface area contributed by atoms with E-state index >= 15 is 0 Å². The Balaban J connectivity index is 3.21. The van der Waals surface area contributed by atoms with E-state index in [1.54, 1.807) is 13.8 Å². The van der Waals surface area contributed by atoms with Crippen molar-refractivity contribution < 1.29 is 19.6 Å². The van der Waals surface area contributed by atoms with Crippen molar-refractivity contribution >= 4 is 34.9 Å². The number of nitrogens with two attached hydrogens (primary N) is 1. The Hall–Kier alpha value is -2.35. The smallest absolute Gasteiger partial charge is 0.338 e. The van der Waals surface area contributed by atoms with E-state index in [4.69, 9.17) is 22.4 Å². The number of carboxylic acid groups (broad SMARTS) is 1. The first-order valence-electron chi connectivity index (χ1n) is 5.81. The first-order valence-corrected chi connectivity index (χ1v) is 6.19. The Morgan fingerprint density at radius 2 is 2.05 bits per heavy atom. The molecule has 114 valence electrons. The summed E-state index contributed by atoms with van der Waals surface area (Å²) < 4.78 is 0. The van der Waals surface area contributed by atoms with Crippen molar-refractivity contribution in [2.45, 2.75) is 13.8 Å². The molecular weight excluding hydrogens is 302 g/mol. The molecule has 1 aromatic carbocycles. The van der Waals surface area contributed by atoms with Crippen LogP contribution < -0.4 is 11.1 Å². The lowest BCUT2D eigenvalue weighted by molar-refractivity contribution is -0.384. The molecule has 0 atom stereocenters. The number of carbonyl (C=O) groups is 2. The number of non-ortho nitro benzene ring substituents is 1. The van der Waals surface area contributed by atoms with Gasteiger partial charge in [-0.1, -0.05) is 11.6 Å². The van der Waals surface area contributed by atoms with Crippen LogP contribution in [0.3, 0.4) is 0 Å². The summed E-state index contributed by atoms with van der Waals surface area (Å²) in [5.41, 5.74) is 3.49. The number of rotatable bonds is 6. The second-order valence-electron chi connectivity index (χ2n) is 5.01. The third-order valence-corrected chi connectivity index (χ3v) is 3.19. The number of carboxylic acids is 1. The zero-order valence-electron chi connectivity index (χ0n) is 11.3. The van der Waals surface area contributed by atoms with Gasteiger partial charge in [0.1, 0.15) is 0 Å². The lowest BCUT2D eigenvalue weighted by Gasteiger charge is -2.22. The minimum Gasteiger partial charge on any atom is -0.478 e. The number of amides is 1. The molecule has 0 aromatic heterocycles. The van der Waals surface area contributed by atoms with Crippen LogP contribution in [0.15, 0.2) is 12.1 Å². The fraction of sp³-hybridized carbons (Fsp3) is 0.333. The summed E-state index contributed by atoms with van der Waals surface area (Å²) in [7, 11) is 0. The second kappa shape index (κ2) is 5.96. The van der Waals surface area contributed by atoms with Crippen LogP contribution >= 0.6 is 11.6 Å². The van der Waals surface area contributed by atoms with Crippen molar-refractivity contribution in [1.82, 2.24) is 0 Å². The number of halogens is 1. The van der Waals surface area contributed by atoms with E-state index in [0.29, 0.717) is 0 Å². The maximum absolute atomic E-state index is 11.2. The predicted molar refractivity (Wildman–Crippen MR) is 76.5 cm³/mol. The van der Waals surface area contributed by atoms with Crippen LogP contribution in [0.25, 0.3) is 0 Å². The fourth-order valence-corrected chi connectivity index (χ4v) is 1.72. The van der Waals surface area contributed by atoms with Gasteiger partial charge in [-0.05, 0) is 13.8 Å². The Kier molecular flexibility index (Phi) is 4.74. The van der Waals surface area contributed by atoms with Crippen molar-refractivity contribution in [3.05, 3.63) is 32.8 Å². The summed E-state index contributed by atoms with van der Waals surface area (Å²) in [4.78, 5) is 32.4. The second-order valence-corrected chi connectivity index (χ2v) is 5.42. The highest BCUT2D eigenvalue weighted by atomic mass is 35.5. The molecule has 4 N–H and O–H groups in total. The van der Waals surface area contributed by atoms with E-state index < -0.39 is 27.9 Å². The third-order valence-electron chi connectivity index (χ3n) is 2.89. The minimum absolute atomic E-state index is 0.00379. The summed E-state index contributed by atoms with van der Waals surface area (Å²) in [6.07, 6.45) is 0. The van der Waals surface area contributed by atoms with E-state index in [9.17, 15) is 19.7 Å². The first kappa shape index (κ1) is 16.7. The Labute approximate surface area is 125 Å². The van der Waals surface area contributed by atoms with E-state index in [1.807, 2.05) is 0 Å². The zero-order valence-corrected chi connectivity index (χ0v) is 12.1. The molecular formula is C12H14ClN3O5. The van der Waals surface area contributed by atoms with Gasteiger partial charge >= 0.3 is 5.97 Å². The number of benzene rings is 1. The standard InChI is InChI=1S/C12H14ClN3O5/c1-12(2,11(14)19)5-15-9-7(10(17)18)3-6(16(20)21)4-8(9)13/h3-4,15H,5H2,1-2H3,(H2,14,19)(H,17,18). The molecule has 1 rings (SSSR count). The maximum atomic E-state index is 11.2. The molecule has 21 heavy (non-hydrogen) atoms. The van der Waals surface area contributed by atoms with Crippen molar-refractivity contribution in [2.75, 3.05) is 11.9 Å². The average Bonchev–Trinajstić information content (AvgIpc) is 2.35. The summed E-state index contributed by atoms with van der Waals surface area (Å²) in [5, 5.41) is 22.4. The molecule has 0 spiro atoms. The first-order chi connectivity index (χ1) is 9.56. The molecule has 0 aliphatic rings. The van der Waals surface area contributed by atoms with Crippen LogP contribution in [0.4, 0.5) is 11.4 Å². The Bertz CT molecular complexity index is 615. The fourth-order valence-electron chi connectivity index (χ4n) is 1.44. The number of carbonyl (C=O) groups excluding carboxylic acids is 1. The molecule has 0 radical (unpaired) electrons. The molecule has 0 fully saturated rings. The minimum atomic E-state index is -1.38.